The van der Waals surface area contributed by atoms with Crippen LogP contribution in [0, 0.1) is 0 Å². The predicted molar refractivity (Wildman–Crippen MR) is 41.8 cm³/mol. The molecular weight excluding hydrogens is 144 g/mol. The van der Waals surface area contributed by atoms with Crippen LogP contribution in [-0.2, 0) is 0 Å². The molecule has 0 nitrogen and oxygen atoms in total. The molecule has 0 bridgehead atoms. The minimum Gasteiger partial charge on any atom is -0.102 e. The third-order valence-corrected chi connectivity index (χ3v) is 3.30. The Morgan fingerprint density at radius 1 is 1.71 bits per heavy atom. The lowest BCUT2D eigenvalue weighted by atomic mass is 10.7. The predicted octanol–water partition coefficient (Wildman–Crippen LogP) is 2.27. The number of thioether (sulfide) groups is 2. The third kappa shape index (κ3) is 1.48. The van der Waals surface area contributed by atoms with Gasteiger partial charge in [-0.05, 0) is 4.91 Å². The van der Waals surface area contributed by atoms with Crippen LogP contribution in [0.25, 0.3) is 0 Å². The molecule has 3 heteroatoms. The van der Waals surface area contributed by atoms with E-state index >= 15 is 0 Å². The molecule has 1 fully saturated rings. The Kier molecular flexibility index (Phi) is 1.78. The maximum atomic E-state index is 4.86. The largest absolute Gasteiger partial charge is 0.109 e. The van der Waals surface area contributed by atoms with Crippen LogP contribution in [0.3, 0.4) is 0 Å². The zero-order valence-corrected chi connectivity index (χ0v) is 6.09. The molecule has 0 aromatic rings. The highest BCUT2D eigenvalue weighted by Crippen LogP contribution is 2.34. The first-order valence-corrected chi connectivity index (χ1v) is 4.02. The van der Waals surface area contributed by atoms with Crippen molar-refractivity contribution in [3.05, 3.63) is 11.5 Å². The fraction of sp³-hybridized carbons (Fsp3) is 0.250. The van der Waals surface area contributed by atoms with Crippen molar-refractivity contribution in [2.24, 2.45) is 0 Å². The van der Waals surface area contributed by atoms with Gasteiger partial charge in [0, 0.05) is 5.75 Å². The smallest absolute Gasteiger partial charge is 0.102 e. The molecule has 0 spiro atoms. The van der Waals surface area contributed by atoms with Gasteiger partial charge in [-0.2, -0.15) is 0 Å². The Balaban J connectivity index is 2.55. The summed E-state index contributed by atoms with van der Waals surface area (Å²) in [5, 5.41) is 0. The summed E-state index contributed by atoms with van der Waals surface area (Å²) in [6, 6.07) is 0. The van der Waals surface area contributed by atoms with Crippen molar-refractivity contribution >= 4 is 39.3 Å². The lowest BCUT2D eigenvalue weighted by Gasteiger charge is -1.78. The zero-order chi connectivity index (χ0) is 5.28. The van der Waals surface area contributed by atoms with E-state index in [9.17, 15) is 0 Å². The monoisotopic (exact) mass is 148 g/mol. The second kappa shape index (κ2) is 2.20. The SMILES string of the molecule is C=C1CSC(=S)S1. The highest BCUT2D eigenvalue weighted by Gasteiger charge is 2.10. The Labute approximate surface area is 56.7 Å². The van der Waals surface area contributed by atoms with Crippen molar-refractivity contribution in [2.75, 3.05) is 5.75 Å². The zero-order valence-electron chi connectivity index (χ0n) is 3.64. The average molecular weight is 148 g/mol. The quantitative estimate of drug-likeness (QED) is 0.484. The van der Waals surface area contributed by atoms with Crippen molar-refractivity contribution in [3.63, 3.8) is 0 Å². The summed E-state index contributed by atoms with van der Waals surface area (Å²) in [6.07, 6.45) is 0. The van der Waals surface area contributed by atoms with E-state index in [0.717, 1.165) is 9.28 Å². The molecule has 0 aromatic heterocycles. The van der Waals surface area contributed by atoms with E-state index in [1.807, 2.05) is 0 Å². The van der Waals surface area contributed by atoms with Crippen LogP contribution in [0.4, 0.5) is 0 Å². The number of rotatable bonds is 0. The highest BCUT2D eigenvalue weighted by molar-refractivity contribution is 8.51. The van der Waals surface area contributed by atoms with Gasteiger partial charge in [-0.15, -0.1) is 11.8 Å². The molecule has 1 rings (SSSR count). The first-order valence-electron chi connectivity index (χ1n) is 1.81. The van der Waals surface area contributed by atoms with Crippen LogP contribution in [0.1, 0.15) is 0 Å². The van der Waals surface area contributed by atoms with Gasteiger partial charge < -0.3 is 0 Å². The molecule has 0 N–H and O–H groups in total. The molecule has 0 aliphatic carbocycles. The Morgan fingerprint density at radius 3 is 2.57 bits per heavy atom. The van der Waals surface area contributed by atoms with Crippen molar-refractivity contribution in [2.45, 2.75) is 0 Å². The number of hydrogen-bond acceptors (Lipinski definition) is 3. The summed E-state index contributed by atoms with van der Waals surface area (Å²) < 4.78 is 1.02. The van der Waals surface area contributed by atoms with Gasteiger partial charge in [0.05, 0.1) is 0 Å². The van der Waals surface area contributed by atoms with Crippen molar-refractivity contribution in [3.8, 4) is 0 Å². The summed E-state index contributed by atoms with van der Waals surface area (Å²) in [7, 11) is 0. The van der Waals surface area contributed by atoms with Crippen molar-refractivity contribution in [1.29, 1.82) is 0 Å². The average Bonchev–Trinajstić information content (AvgIpc) is 1.87. The maximum Gasteiger partial charge on any atom is 0.109 e. The lowest BCUT2D eigenvalue weighted by Crippen LogP contribution is -1.61. The van der Waals surface area contributed by atoms with E-state index in [-0.39, 0.29) is 0 Å². The van der Waals surface area contributed by atoms with Crippen LogP contribution in [0.5, 0.6) is 0 Å². The first-order chi connectivity index (χ1) is 3.29. The molecule has 0 radical (unpaired) electrons. The Hall–Kier alpha value is 0.530. The van der Waals surface area contributed by atoms with E-state index in [1.165, 1.54) is 4.91 Å². The van der Waals surface area contributed by atoms with Gasteiger partial charge in [-0.1, -0.05) is 30.6 Å². The molecular formula is C4H4S3. The van der Waals surface area contributed by atoms with Crippen LogP contribution in [-0.4, -0.2) is 9.28 Å². The molecule has 1 saturated heterocycles. The standard InChI is InChI=1S/C4H4S3/c1-3-2-6-4(5)7-3/h1-2H2. The van der Waals surface area contributed by atoms with Crippen molar-refractivity contribution in [1.82, 2.24) is 0 Å². The van der Waals surface area contributed by atoms with Gasteiger partial charge >= 0.3 is 0 Å². The van der Waals surface area contributed by atoms with Gasteiger partial charge in [0.1, 0.15) is 3.53 Å². The van der Waals surface area contributed by atoms with Gasteiger partial charge in [0.25, 0.3) is 0 Å². The van der Waals surface area contributed by atoms with E-state index in [2.05, 4.69) is 6.58 Å². The van der Waals surface area contributed by atoms with Gasteiger partial charge in [0.2, 0.25) is 0 Å². The van der Waals surface area contributed by atoms with Gasteiger partial charge in [-0.3, -0.25) is 0 Å². The summed E-state index contributed by atoms with van der Waals surface area (Å²) in [5.41, 5.74) is 0. The normalized spacial score (nSPS) is 21.1. The second-order valence-corrected chi connectivity index (χ2v) is 4.54. The molecule has 1 aliphatic heterocycles. The third-order valence-electron chi connectivity index (χ3n) is 0.579. The van der Waals surface area contributed by atoms with Gasteiger partial charge in [0.15, 0.2) is 0 Å². The summed E-state index contributed by atoms with van der Waals surface area (Å²) >= 11 is 8.18. The summed E-state index contributed by atoms with van der Waals surface area (Å²) in [4.78, 5) is 1.19. The van der Waals surface area contributed by atoms with E-state index < -0.39 is 0 Å². The molecule has 0 saturated carbocycles. The summed E-state index contributed by atoms with van der Waals surface area (Å²) in [5.74, 6) is 1.02. The molecule has 1 heterocycles. The van der Waals surface area contributed by atoms with Crippen molar-refractivity contribution < 1.29 is 0 Å². The lowest BCUT2D eigenvalue weighted by molar-refractivity contribution is 1.79. The molecule has 0 atom stereocenters. The Bertz CT molecular complexity index is 102. The first kappa shape index (κ1) is 5.66. The second-order valence-electron chi connectivity index (χ2n) is 1.18. The van der Waals surface area contributed by atoms with Crippen LogP contribution in [0.15, 0.2) is 11.5 Å². The molecule has 38 valence electrons. The molecule has 0 unspecified atom stereocenters. The topological polar surface area (TPSA) is 0 Å². The molecule has 7 heavy (non-hydrogen) atoms. The number of thiocarbonyl (C=S) groups is 1. The Morgan fingerprint density at radius 2 is 2.43 bits per heavy atom. The fourth-order valence-electron chi connectivity index (χ4n) is 0.316. The molecule has 0 amide bonds. The highest BCUT2D eigenvalue weighted by atomic mass is 32.2. The minimum absolute atomic E-state index is 1.02. The van der Waals surface area contributed by atoms with Gasteiger partial charge in [-0.25, -0.2) is 0 Å². The maximum absolute atomic E-state index is 4.86. The van der Waals surface area contributed by atoms with E-state index in [1.54, 1.807) is 23.5 Å². The summed E-state index contributed by atoms with van der Waals surface area (Å²) in [6.45, 7) is 3.76. The van der Waals surface area contributed by atoms with Crippen LogP contribution < -0.4 is 0 Å². The minimum atomic E-state index is 1.02. The molecule has 0 aromatic carbocycles. The van der Waals surface area contributed by atoms with Crippen LogP contribution in [0.2, 0.25) is 0 Å². The van der Waals surface area contributed by atoms with Crippen LogP contribution >= 0.6 is 35.7 Å². The molecule has 1 aliphatic rings. The fourth-order valence-corrected chi connectivity index (χ4v) is 2.54. The number of hydrogen-bond donors (Lipinski definition) is 0. The van der Waals surface area contributed by atoms with E-state index in [0.29, 0.717) is 0 Å². The van der Waals surface area contributed by atoms with E-state index in [4.69, 9.17) is 12.2 Å².